The second kappa shape index (κ2) is 3.96. The summed E-state index contributed by atoms with van der Waals surface area (Å²) in [7, 11) is -4.23. The first-order valence-electron chi connectivity index (χ1n) is 2.75. The Kier molecular flexibility index (Phi) is 3.81. The van der Waals surface area contributed by atoms with E-state index < -0.39 is 15.9 Å². The normalized spacial score (nSPS) is 10.4. The molecule has 4 nitrogen and oxygen atoms in total. The van der Waals surface area contributed by atoms with E-state index in [4.69, 9.17) is 4.55 Å². The van der Waals surface area contributed by atoms with E-state index in [1.807, 2.05) is 0 Å². The topological polar surface area (TPSA) is 77.4 Å². The van der Waals surface area contributed by atoms with Crippen LogP contribution in [0, 0.1) is 0 Å². The van der Waals surface area contributed by atoms with Gasteiger partial charge in [0, 0.05) is 0 Å². The SMILES string of the molecule is O=S(=O)(O)c1cccc([O-])c1.[Li+]. The van der Waals surface area contributed by atoms with Gasteiger partial charge in [0.2, 0.25) is 0 Å². The van der Waals surface area contributed by atoms with Crippen LogP contribution in [0.1, 0.15) is 0 Å². The van der Waals surface area contributed by atoms with Crippen molar-refractivity contribution < 1.29 is 36.9 Å². The summed E-state index contributed by atoms with van der Waals surface area (Å²) in [6.07, 6.45) is 0. The number of rotatable bonds is 1. The summed E-state index contributed by atoms with van der Waals surface area (Å²) < 4.78 is 29.3. The zero-order chi connectivity index (χ0) is 8.48. The molecule has 0 bridgehead atoms. The second-order valence-corrected chi connectivity index (χ2v) is 3.37. The maximum absolute atomic E-state index is 10.6. The molecule has 0 aliphatic carbocycles. The molecule has 0 amide bonds. The molecule has 12 heavy (non-hydrogen) atoms. The number of benzene rings is 1. The largest absolute Gasteiger partial charge is 1.00 e. The van der Waals surface area contributed by atoms with Crippen LogP contribution < -0.4 is 24.0 Å². The summed E-state index contributed by atoms with van der Waals surface area (Å²) in [6, 6.07) is 4.48. The molecule has 0 fully saturated rings. The number of hydrogen-bond acceptors (Lipinski definition) is 3. The van der Waals surface area contributed by atoms with Crippen LogP contribution in [0.5, 0.6) is 5.75 Å². The van der Waals surface area contributed by atoms with Gasteiger partial charge in [-0.1, -0.05) is 12.1 Å². The van der Waals surface area contributed by atoms with E-state index in [0.29, 0.717) is 0 Å². The molecule has 1 aromatic rings. The van der Waals surface area contributed by atoms with Crippen LogP contribution in [-0.4, -0.2) is 13.0 Å². The minimum Gasteiger partial charge on any atom is -0.872 e. The van der Waals surface area contributed by atoms with Gasteiger partial charge >= 0.3 is 18.9 Å². The average Bonchev–Trinajstić information content (AvgIpc) is 1.86. The Morgan fingerprint density at radius 1 is 1.33 bits per heavy atom. The Hall–Kier alpha value is -0.473. The third-order valence-electron chi connectivity index (χ3n) is 1.10. The van der Waals surface area contributed by atoms with Crippen LogP contribution in [0.3, 0.4) is 0 Å². The molecule has 0 saturated heterocycles. The summed E-state index contributed by atoms with van der Waals surface area (Å²) in [4.78, 5) is -0.370. The Balaban J connectivity index is 0.00000121. The fourth-order valence-electron chi connectivity index (χ4n) is 0.635. The molecule has 0 atom stereocenters. The molecular formula is C6H5LiO4S. The Morgan fingerprint density at radius 2 is 1.92 bits per heavy atom. The first-order chi connectivity index (χ1) is 5.00. The zero-order valence-electron chi connectivity index (χ0n) is 6.39. The van der Waals surface area contributed by atoms with Gasteiger partial charge < -0.3 is 5.11 Å². The van der Waals surface area contributed by atoms with E-state index in [-0.39, 0.29) is 23.8 Å². The second-order valence-electron chi connectivity index (χ2n) is 1.95. The first kappa shape index (κ1) is 11.5. The Bertz CT molecular complexity index is 360. The van der Waals surface area contributed by atoms with Crippen molar-refractivity contribution in [2.45, 2.75) is 4.90 Å². The van der Waals surface area contributed by atoms with Crippen molar-refractivity contribution in [1.29, 1.82) is 0 Å². The van der Waals surface area contributed by atoms with Crippen LogP contribution in [0.15, 0.2) is 29.2 Å². The van der Waals surface area contributed by atoms with E-state index in [2.05, 4.69) is 0 Å². The molecule has 0 aliphatic rings. The molecular weight excluding hydrogens is 175 g/mol. The van der Waals surface area contributed by atoms with Gasteiger partial charge in [-0.25, -0.2) is 0 Å². The van der Waals surface area contributed by atoms with E-state index in [9.17, 15) is 13.5 Å². The summed E-state index contributed by atoms with van der Waals surface area (Å²) in [5.74, 6) is -0.444. The predicted molar refractivity (Wildman–Crippen MR) is 35.7 cm³/mol. The van der Waals surface area contributed by atoms with E-state index >= 15 is 0 Å². The molecule has 0 saturated carbocycles. The van der Waals surface area contributed by atoms with Crippen molar-refractivity contribution in [1.82, 2.24) is 0 Å². The molecule has 0 unspecified atom stereocenters. The van der Waals surface area contributed by atoms with Gasteiger partial charge in [-0.3, -0.25) is 4.55 Å². The standard InChI is InChI=1S/C6H6O4S.Li/c7-5-2-1-3-6(4-5)11(8,9)10;/h1-4,7H,(H,8,9,10);/q;+1/p-1. The fraction of sp³-hybridized carbons (Fsp3) is 0. The summed E-state index contributed by atoms with van der Waals surface area (Å²) in [6.45, 7) is 0. The van der Waals surface area contributed by atoms with Gasteiger partial charge in [-0.2, -0.15) is 8.42 Å². The van der Waals surface area contributed by atoms with Crippen LogP contribution in [0.25, 0.3) is 0 Å². The molecule has 0 radical (unpaired) electrons. The van der Waals surface area contributed by atoms with Crippen LogP contribution >= 0.6 is 0 Å². The molecule has 0 aliphatic heterocycles. The molecule has 0 heterocycles. The average molecular weight is 180 g/mol. The van der Waals surface area contributed by atoms with Crippen molar-refractivity contribution in [3.05, 3.63) is 24.3 Å². The molecule has 0 spiro atoms. The van der Waals surface area contributed by atoms with Crippen molar-refractivity contribution in [3.63, 3.8) is 0 Å². The Labute approximate surface area is 82.2 Å². The van der Waals surface area contributed by atoms with Crippen molar-refractivity contribution in [3.8, 4) is 5.75 Å². The summed E-state index contributed by atoms with van der Waals surface area (Å²) >= 11 is 0. The minimum atomic E-state index is -4.23. The van der Waals surface area contributed by atoms with Gasteiger partial charge in [0.05, 0.1) is 4.90 Å². The van der Waals surface area contributed by atoms with Crippen LogP contribution in [-0.2, 0) is 10.1 Å². The predicted octanol–water partition coefficient (Wildman–Crippen LogP) is -2.99. The van der Waals surface area contributed by atoms with Gasteiger partial charge in [0.15, 0.2) is 0 Å². The van der Waals surface area contributed by atoms with Gasteiger partial charge in [0.25, 0.3) is 10.1 Å². The zero-order valence-corrected chi connectivity index (χ0v) is 7.21. The third-order valence-corrected chi connectivity index (χ3v) is 1.95. The monoisotopic (exact) mass is 180 g/mol. The maximum Gasteiger partial charge on any atom is 1.00 e. The quantitative estimate of drug-likeness (QED) is 0.369. The van der Waals surface area contributed by atoms with Crippen LogP contribution in [0.4, 0.5) is 0 Å². The van der Waals surface area contributed by atoms with Crippen molar-refractivity contribution in [2.75, 3.05) is 0 Å². The molecule has 60 valence electrons. The number of hydrogen-bond donors (Lipinski definition) is 1. The summed E-state index contributed by atoms with van der Waals surface area (Å²) in [5, 5.41) is 10.6. The van der Waals surface area contributed by atoms with E-state index in [1.165, 1.54) is 12.1 Å². The smallest absolute Gasteiger partial charge is 0.872 e. The molecule has 1 aromatic carbocycles. The Morgan fingerprint density at radius 3 is 2.25 bits per heavy atom. The molecule has 6 heteroatoms. The van der Waals surface area contributed by atoms with Gasteiger partial charge in [0.1, 0.15) is 0 Å². The fourth-order valence-corrected chi connectivity index (χ4v) is 1.15. The van der Waals surface area contributed by atoms with Crippen LogP contribution in [0.2, 0.25) is 0 Å². The van der Waals surface area contributed by atoms with E-state index in [0.717, 1.165) is 12.1 Å². The minimum absolute atomic E-state index is 0. The molecule has 1 rings (SSSR count). The summed E-state index contributed by atoms with van der Waals surface area (Å²) in [5.41, 5.74) is 0. The maximum atomic E-state index is 10.6. The van der Waals surface area contributed by atoms with E-state index in [1.54, 1.807) is 0 Å². The molecule has 0 aromatic heterocycles. The van der Waals surface area contributed by atoms with Crippen molar-refractivity contribution >= 4 is 10.1 Å². The van der Waals surface area contributed by atoms with Gasteiger partial charge in [-0.15, -0.1) is 5.75 Å². The van der Waals surface area contributed by atoms with Gasteiger partial charge in [-0.05, 0) is 12.1 Å². The first-order valence-corrected chi connectivity index (χ1v) is 4.19. The molecule has 1 N–H and O–H groups in total. The third kappa shape index (κ3) is 2.87. The van der Waals surface area contributed by atoms with Crippen molar-refractivity contribution in [2.24, 2.45) is 0 Å².